The largest absolute Gasteiger partial charge is 0.573 e. The Morgan fingerprint density at radius 2 is 1.65 bits per heavy atom. The third kappa shape index (κ3) is 6.16. The summed E-state index contributed by atoms with van der Waals surface area (Å²) in [7, 11) is 0. The van der Waals surface area contributed by atoms with E-state index >= 15 is 0 Å². The van der Waals surface area contributed by atoms with Crippen LogP contribution in [0.15, 0.2) is 24.3 Å². The normalized spacial score (nSPS) is 11.5. The van der Waals surface area contributed by atoms with Crippen molar-refractivity contribution in [1.29, 1.82) is 0 Å². The molecule has 2 nitrogen and oxygen atoms in total. The number of hydrogen-bond donors (Lipinski definition) is 1. The fourth-order valence-electron chi connectivity index (χ4n) is 1.51. The second-order valence-corrected chi connectivity index (χ2v) is 3.79. The molecule has 17 heavy (non-hydrogen) atoms. The Kier molecular flexibility index (Phi) is 5.28. The minimum Gasteiger partial charge on any atom is -0.406 e. The molecule has 0 unspecified atom stereocenters. The highest BCUT2D eigenvalue weighted by Gasteiger charge is 2.30. The van der Waals surface area contributed by atoms with Crippen LogP contribution in [0.25, 0.3) is 0 Å². The van der Waals surface area contributed by atoms with E-state index in [-0.39, 0.29) is 5.75 Å². The summed E-state index contributed by atoms with van der Waals surface area (Å²) in [4.78, 5) is 0. The summed E-state index contributed by atoms with van der Waals surface area (Å²) in [5, 5.41) is 0. The Bertz CT molecular complexity index is 322. The molecule has 0 aliphatic heterocycles. The van der Waals surface area contributed by atoms with Crippen molar-refractivity contribution >= 4 is 0 Å². The van der Waals surface area contributed by atoms with E-state index in [1.807, 2.05) is 0 Å². The summed E-state index contributed by atoms with van der Waals surface area (Å²) in [5.74, 6) is -0.178. The van der Waals surface area contributed by atoms with Gasteiger partial charge in [-0.05, 0) is 43.5 Å². The smallest absolute Gasteiger partial charge is 0.406 e. The van der Waals surface area contributed by atoms with Gasteiger partial charge < -0.3 is 10.5 Å². The van der Waals surface area contributed by atoms with E-state index < -0.39 is 6.36 Å². The lowest BCUT2D eigenvalue weighted by Crippen LogP contribution is -2.17. The number of aryl methyl sites for hydroxylation is 1. The van der Waals surface area contributed by atoms with Crippen molar-refractivity contribution in [3.63, 3.8) is 0 Å². The number of halogens is 3. The average Bonchev–Trinajstić information content (AvgIpc) is 2.25. The van der Waals surface area contributed by atoms with Crippen LogP contribution in [0.2, 0.25) is 0 Å². The zero-order valence-corrected chi connectivity index (χ0v) is 9.46. The van der Waals surface area contributed by atoms with Crippen LogP contribution in [0.4, 0.5) is 13.2 Å². The molecule has 1 aromatic carbocycles. The first kappa shape index (κ1) is 13.8. The quantitative estimate of drug-likeness (QED) is 0.783. The fraction of sp³-hybridized carbons (Fsp3) is 0.500. The third-order valence-electron chi connectivity index (χ3n) is 2.33. The number of ether oxygens (including phenoxy) is 1. The standard InChI is InChI=1S/C12H16F3NO/c13-12(14,15)17-11-7-5-10(6-8-11)4-2-1-3-9-16/h5-8H,1-4,9,16H2. The minimum absolute atomic E-state index is 0.178. The summed E-state index contributed by atoms with van der Waals surface area (Å²) in [6.45, 7) is 0.679. The van der Waals surface area contributed by atoms with Crippen molar-refractivity contribution in [2.24, 2.45) is 5.73 Å². The Labute approximate surface area is 98.6 Å². The predicted molar refractivity (Wildman–Crippen MR) is 59.7 cm³/mol. The maximum absolute atomic E-state index is 11.9. The van der Waals surface area contributed by atoms with Crippen LogP contribution in [0, 0.1) is 0 Å². The SMILES string of the molecule is NCCCCCc1ccc(OC(F)(F)F)cc1. The first-order valence-corrected chi connectivity index (χ1v) is 5.56. The zero-order valence-electron chi connectivity index (χ0n) is 9.46. The first-order valence-electron chi connectivity index (χ1n) is 5.56. The Morgan fingerprint density at radius 3 is 2.18 bits per heavy atom. The molecule has 0 aliphatic rings. The summed E-state index contributed by atoms with van der Waals surface area (Å²) < 4.78 is 39.5. The van der Waals surface area contributed by atoms with E-state index in [0.717, 1.165) is 31.2 Å². The molecule has 0 amide bonds. The van der Waals surface area contributed by atoms with Gasteiger partial charge in [-0.2, -0.15) is 0 Å². The van der Waals surface area contributed by atoms with Gasteiger partial charge in [-0.3, -0.25) is 0 Å². The van der Waals surface area contributed by atoms with Gasteiger partial charge in [0.2, 0.25) is 0 Å². The molecular formula is C12H16F3NO. The molecular weight excluding hydrogens is 231 g/mol. The van der Waals surface area contributed by atoms with Crippen molar-refractivity contribution in [3.8, 4) is 5.75 Å². The zero-order chi connectivity index (χ0) is 12.7. The van der Waals surface area contributed by atoms with Crippen LogP contribution < -0.4 is 10.5 Å². The molecule has 0 aromatic heterocycles. The van der Waals surface area contributed by atoms with Crippen LogP contribution in [0.5, 0.6) is 5.75 Å². The Hall–Kier alpha value is -1.23. The van der Waals surface area contributed by atoms with E-state index in [4.69, 9.17) is 5.73 Å². The molecule has 0 saturated carbocycles. The summed E-state index contributed by atoms with van der Waals surface area (Å²) in [6.07, 6.45) is -0.752. The average molecular weight is 247 g/mol. The van der Waals surface area contributed by atoms with Gasteiger partial charge >= 0.3 is 6.36 Å². The maximum atomic E-state index is 11.9. The lowest BCUT2D eigenvalue weighted by molar-refractivity contribution is -0.274. The summed E-state index contributed by atoms with van der Waals surface area (Å²) in [5.41, 5.74) is 6.37. The molecule has 0 bridgehead atoms. The van der Waals surface area contributed by atoms with Gasteiger partial charge in [0.05, 0.1) is 0 Å². The molecule has 0 atom stereocenters. The number of alkyl halides is 3. The molecule has 1 rings (SSSR count). The van der Waals surface area contributed by atoms with Crippen molar-refractivity contribution in [2.45, 2.75) is 32.0 Å². The monoisotopic (exact) mass is 247 g/mol. The van der Waals surface area contributed by atoms with Crippen LogP contribution in [0.3, 0.4) is 0 Å². The molecule has 0 fully saturated rings. The second-order valence-electron chi connectivity index (χ2n) is 3.79. The molecule has 0 spiro atoms. The van der Waals surface area contributed by atoms with Crippen LogP contribution in [0.1, 0.15) is 24.8 Å². The highest BCUT2D eigenvalue weighted by Crippen LogP contribution is 2.23. The second kappa shape index (κ2) is 6.49. The highest BCUT2D eigenvalue weighted by atomic mass is 19.4. The molecule has 0 heterocycles. The van der Waals surface area contributed by atoms with Gasteiger partial charge in [0.15, 0.2) is 0 Å². The lowest BCUT2D eigenvalue weighted by atomic mass is 10.1. The van der Waals surface area contributed by atoms with Crippen LogP contribution in [-0.4, -0.2) is 12.9 Å². The van der Waals surface area contributed by atoms with Gasteiger partial charge in [-0.25, -0.2) is 0 Å². The van der Waals surface area contributed by atoms with Crippen LogP contribution in [-0.2, 0) is 6.42 Å². The van der Waals surface area contributed by atoms with Crippen molar-refractivity contribution in [1.82, 2.24) is 0 Å². The van der Waals surface area contributed by atoms with Crippen molar-refractivity contribution < 1.29 is 17.9 Å². The molecule has 5 heteroatoms. The number of hydrogen-bond acceptors (Lipinski definition) is 2. The van der Waals surface area contributed by atoms with Crippen molar-refractivity contribution in [2.75, 3.05) is 6.54 Å². The molecule has 0 aliphatic carbocycles. The third-order valence-corrected chi connectivity index (χ3v) is 2.33. The molecule has 0 saturated heterocycles. The van der Waals surface area contributed by atoms with Gasteiger partial charge in [0.1, 0.15) is 5.75 Å². The summed E-state index contributed by atoms with van der Waals surface area (Å²) >= 11 is 0. The van der Waals surface area contributed by atoms with E-state index in [1.165, 1.54) is 12.1 Å². The topological polar surface area (TPSA) is 35.2 Å². The van der Waals surface area contributed by atoms with Gasteiger partial charge in [0.25, 0.3) is 0 Å². The number of rotatable bonds is 6. The van der Waals surface area contributed by atoms with Crippen molar-refractivity contribution in [3.05, 3.63) is 29.8 Å². The van der Waals surface area contributed by atoms with Gasteiger partial charge in [-0.1, -0.05) is 18.6 Å². The number of unbranched alkanes of at least 4 members (excludes halogenated alkanes) is 2. The predicted octanol–water partition coefficient (Wildman–Crippen LogP) is 3.26. The van der Waals surface area contributed by atoms with E-state index in [2.05, 4.69) is 4.74 Å². The lowest BCUT2D eigenvalue weighted by Gasteiger charge is -2.09. The molecule has 1 aromatic rings. The van der Waals surface area contributed by atoms with Gasteiger partial charge in [-0.15, -0.1) is 13.2 Å². The maximum Gasteiger partial charge on any atom is 0.573 e. The molecule has 2 N–H and O–H groups in total. The van der Waals surface area contributed by atoms with Gasteiger partial charge in [0, 0.05) is 0 Å². The number of benzene rings is 1. The Morgan fingerprint density at radius 1 is 1.00 bits per heavy atom. The van der Waals surface area contributed by atoms with E-state index in [1.54, 1.807) is 12.1 Å². The summed E-state index contributed by atoms with van der Waals surface area (Å²) in [6, 6.07) is 5.99. The fourth-order valence-corrected chi connectivity index (χ4v) is 1.51. The Balaban J connectivity index is 2.39. The first-order chi connectivity index (χ1) is 8.01. The highest BCUT2D eigenvalue weighted by molar-refractivity contribution is 5.27. The molecule has 0 radical (unpaired) electrons. The van der Waals surface area contributed by atoms with Crippen LogP contribution >= 0.6 is 0 Å². The van der Waals surface area contributed by atoms with E-state index in [9.17, 15) is 13.2 Å². The minimum atomic E-state index is -4.62. The number of nitrogens with two attached hydrogens (primary N) is 1. The van der Waals surface area contributed by atoms with E-state index in [0.29, 0.717) is 6.54 Å². The molecule has 96 valence electrons.